The Kier molecular flexibility index (Phi) is 4.52. The van der Waals surface area contributed by atoms with Crippen molar-refractivity contribution < 1.29 is 9.47 Å². The third-order valence-corrected chi connectivity index (χ3v) is 3.63. The van der Waals surface area contributed by atoms with Crippen molar-refractivity contribution in [2.24, 2.45) is 0 Å². The number of aromatic nitrogens is 2. The van der Waals surface area contributed by atoms with Crippen LogP contribution in [0.15, 0.2) is 42.6 Å². The van der Waals surface area contributed by atoms with Gasteiger partial charge in [-0.2, -0.15) is 5.10 Å². The number of rotatable bonds is 7. The zero-order chi connectivity index (χ0) is 14.5. The Hall–Kier alpha value is -1.85. The summed E-state index contributed by atoms with van der Waals surface area (Å²) in [6.45, 7) is 3.94. The van der Waals surface area contributed by atoms with E-state index in [1.54, 1.807) is 7.11 Å². The van der Waals surface area contributed by atoms with Gasteiger partial charge in [0.2, 0.25) is 0 Å². The van der Waals surface area contributed by atoms with E-state index < -0.39 is 0 Å². The Morgan fingerprint density at radius 1 is 1.14 bits per heavy atom. The van der Waals surface area contributed by atoms with Gasteiger partial charge in [-0.15, -0.1) is 0 Å². The Balaban J connectivity index is 1.48. The fourth-order valence-electron chi connectivity index (χ4n) is 2.41. The first-order valence-electron chi connectivity index (χ1n) is 7.28. The number of methoxy groups -OCH3 is 1. The number of nitrogens with zero attached hydrogens (tertiary/aromatic N) is 3. The van der Waals surface area contributed by atoms with Crippen LogP contribution in [0.4, 0.5) is 5.82 Å². The van der Waals surface area contributed by atoms with Crippen molar-refractivity contribution in [3.8, 4) is 0 Å². The van der Waals surface area contributed by atoms with Crippen molar-refractivity contribution in [1.82, 2.24) is 9.78 Å². The van der Waals surface area contributed by atoms with Crippen molar-refractivity contribution >= 4 is 5.82 Å². The summed E-state index contributed by atoms with van der Waals surface area (Å²) in [7, 11) is 1.69. The molecule has 1 aliphatic rings. The third-order valence-electron chi connectivity index (χ3n) is 3.63. The minimum Gasteiger partial charge on any atom is -0.382 e. The van der Waals surface area contributed by atoms with Crippen molar-refractivity contribution in [2.75, 3.05) is 38.3 Å². The SMILES string of the molecule is COCCOC1CN(c2ccn(Cc3ccccc3)n2)C1. The van der Waals surface area contributed by atoms with Crippen LogP contribution in [-0.2, 0) is 16.0 Å². The molecule has 112 valence electrons. The summed E-state index contributed by atoms with van der Waals surface area (Å²) in [6.07, 6.45) is 2.33. The van der Waals surface area contributed by atoms with Gasteiger partial charge in [-0.3, -0.25) is 4.68 Å². The van der Waals surface area contributed by atoms with Crippen LogP contribution in [0.5, 0.6) is 0 Å². The standard InChI is InChI=1S/C16H21N3O2/c1-20-9-10-21-15-12-18(13-15)16-7-8-19(17-16)11-14-5-3-2-4-6-14/h2-8,15H,9-13H2,1H3. The van der Waals surface area contributed by atoms with Crippen molar-refractivity contribution in [2.45, 2.75) is 12.6 Å². The zero-order valence-corrected chi connectivity index (χ0v) is 12.3. The maximum absolute atomic E-state index is 5.67. The molecule has 5 nitrogen and oxygen atoms in total. The van der Waals surface area contributed by atoms with Gasteiger partial charge in [-0.1, -0.05) is 30.3 Å². The first kappa shape index (κ1) is 14.1. The minimum absolute atomic E-state index is 0.305. The fraction of sp³-hybridized carbons (Fsp3) is 0.438. The van der Waals surface area contributed by atoms with E-state index in [-0.39, 0.29) is 0 Å². The molecule has 1 saturated heterocycles. The van der Waals surface area contributed by atoms with Crippen molar-refractivity contribution in [3.05, 3.63) is 48.2 Å². The number of benzene rings is 1. The van der Waals surface area contributed by atoms with Crippen LogP contribution in [0.25, 0.3) is 0 Å². The summed E-state index contributed by atoms with van der Waals surface area (Å²) in [6, 6.07) is 12.4. The average molecular weight is 287 g/mol. The molecule has 21 heavy (non-hydrogen) atoms. The second kappa shape index (κ2) is 6.74. The van der Waals surface area contributed by atoms with E-state index in [9.17, 15) is 0 Å². The van der Waals surface area contributed by atoms with E-state index in [0.717, 1.165) is 25.5 Å². The highest BCUT2D eigenvalue weighted by atomic mass is 16.5. The summed E-state index contributed by atoms with van der Waals surface area (Å²) >= 11 is 0. The summed E-state index contributed by atoms with van der Waals surface area (Å²) < 4.78 is 12.6. The predicted octanol–water partition coefficient (Wildman–Crippen LogP) is 1.78. The molecule has 2 heterocycles. The Labute approximate surface area is 125 Å². The van der Waals surface area contributed by atoms with Crippen LogP contribution in [0.3, 0.4) is 0 Å². The molecule has 2 aromatic rings. The first-order valence-corrected chi connectivity index (χ1v) is 7.28. The molecule has 0 amide bonds. The van der Waals surface area contributed by atoms with Gasteiger partial charge in [-0.25, -0.2) is 0 Å². The lowest BCUT2D eigenvalue weighted by Gasteiger charge is -2.39. The van der Waals surface area contributed by atoms with Gasteiger partial charge in [0.05, 0.1) is 25.9 Å². The topological polar surface area (TPSA) is 39.5 Å². The molecule has 0 N–H and O–H groups in total. The molecule has 1 aromatic carbocycles. The Bertz CT molecular complexity index is 550. The highest BCUT2D eigenvalue weighted by molar-refractivity contribution is 5.41. The molecule has 0 atom stereocenters. The van der Waals surface area contributed by atoms with Crippen molar-refractivity contribution in [1.29, 1.82) is 0 Å². The Morgan fingerprint density at radius 2 is 1.95 bits per heavy atom. The minimum atomic E-state index is 0.305. The lowest BCUT2D eigenvalue weighted by Crippen LogP contribution is -2.52. The molecule has 1 fully saturated rings. The molecule has 0 aliphatic carbocycles. The van der Waals surface area contributed by atoms with Gasteiger partial charge in [0, 0.05) is 32.5 Å². The van der Waals surface area contributed by atoms with E-state index in [1.165, 1.54) is 5.56 Å². The molecule has 1 aliphatic heterocycles. The lowest BCUT2D eigenvalue weighted by molar-refractivity contribution is 0.00373. The van der Waals surface area contributed by atoms with Gasteiger partial charge in [0.15, 0.2) is 5.82 Å². The second-order valence-electron chi connectivity index (χ2n) is 5.25. The summed E-state index contributed by atoms with van der Waals surface area (Å²) in [4.78, 5) is 2.24. The van der Waals surface area contributed by atoms with Gasteiger partial charge < -0.3 is 14.4 Å². The fourth-order valence-corrected chi connectivity index (χ4v) is 2.41. The average Bonchev–Trinajstić information content (AvgIpc) is 2.90. The smallest absolute Gasteiger partial charge is 0.150 e. The maximum atomic E-state index is 5.67. The molecule has 5 heteroatoms. The van der Waals surface area contributed by atoms with Crippen LogP contribution in [0.1, 0.15) is 5.56 Å². The van der Waals surface area contributed by atoms with Crippen LogP contribution in [0.2, 0.25) is 0 Å². The first-order chi connectivity index (χ1) is 10.3. The summed E-state index contributed by atoms with van der Waals surface area (Å²) in [5.41, 5.74) is 1.26. The normalized spacial score (nSPS) is 15.2. The van der Waals surface area contributed by atoms with Crippen molar-refractivity contribution in [3.63, 3.8) is 0 Å². The number of anilines is 1. The van der Waals surface area contributed by atoms with Crippen LogP contribution in [-0.4, -0.2) is 49.3 Å². The number of ether oxygens (including phenoxy) is 2. The lowest BCUT2D eigenvalue weighted by atomic mass is 10.2. The van der Waals surface area contributed by atoms with E-state index in [1.807, 2.05) is 16.9 Å². The molecular weight excluding hydrogens is 266 g/mol. The van der Waals surface area contributed by atoms with Crippen LogP contribution in [0, 0.1) is 0 Å². The number of hydrogen-bond donors (Lipinski definition) is 0. The van der Waals surface area contributed by atoms with Crippen LogP contribution < -0.4 is 4.90 Å². The van der Waals surface area contributed by atoms with Gasteiger partial charge in [0.25, 0.3) is 0 Å². The summed E-state index contributed by atoms with van der Waals surface area (Å²) in [5, 5.41) is 4.62. The molecular formula is C16H21N3O2. The second-order valence-corrected chi connectivity index (χ2v) is 5.25. The predicted molar refractivity (Wildman–Crippen MR) is 81.6 cm³/mol. The molecule has 0 radical (unpaired) electrons. The summed E-state index contributed by atoms with van der Waals surface area (Å²) in [5.74, 6) is 1.03. The molecule has 0 saturated carbocycles. The van der Waals surface area contributed by atoms with Crippen LogP contribution >= 0.6 is 0 Å². The van der Waals surface area contributed by atoms with Gasteiger partial charge in [0.1, 0.15) is 0 Å². The molecule has 0 bridgehead atoms. The quantitative estimate of drug-likeness (QED) is 0.728. The molecule has 0 spiro atoms. The third kappa shape index (κ3) is 3.62. The largest absolute Gasteiger partial charge is 0.382 e. The zero-order valence-electron chi connectivity index (χ0n) is 12.3. The van der Waals surface area contributed by atoms with E-state index in [0.29, 0.717) is 19.3 Å². The highest BCUT2D eigenvalue weighted by Crippen LogP contribution is 2.20. The highest BCUT2D eigenvalue weighted by Gasteiger charge is 2.28. The molecule has 0 unspecified atom stereocenters. The maximum Gasteiger partial charge on any atom is 0.150 e. The molecule has 1 aromatic heterocycles. The van der Waals surface area contributed by atoms with Gasteiger partial charge in [-0.05, 0) is 5.56 Å². The molecule has 3 rings (SSSR count). The van der Waals surface area contributed by atoms with E-state index in [4.69, 9.17) is 9.47 Å². The van der Waals surface area contributed by atoms with E-state index >= 15 is 0 Å². The Morgan fingerprint density at radius 3 is 2.71 bits per heavy atom. The number of hydrogen-bond acceptors (Lipinski definition) is 4. The van der Waals surface area contributed by atoms with E-state index in [2.05, 4.69) is 40.3 Å². The monoisotopic (exact) mass is 287 g/mol. The van der Waals surface area contributed by atoms with Gasteiger partial charge >= 0.3 is 0 Å².